The molecule has 0 unspecified atom stereocenters. The van der Waals surface area contributed by atoms with Gasteiger partial charge in [-0.3, -0.25) is 25.0 Å². The molecule has 0 aliphatic rings. The highest BCUT2D eigenvalue weighted by Crippen LogP contribution is 2.25. The molecular weight excluding hydrogens is 416 g/mol. The van der Waals surface area contributed by atoms with E-state index in [-0.39, 0.29) is 12.0 Å². The summed E-state index contributed by atoms with van der Waals surface area (Å²) in [6.07, 6.45) is 1.04. The zero-order chi connectivity index (χ0) is 22.9. The number of benzene rings is 3. The van der Waals surface area contributed by atoms with Gasteiger partial charge in [-0.1, -0.05) is 42.5 Å². The van der Waals surface area contributed by atoms with E-state index in [0.717, 1.165) is 17.7 Å². The van der Waals surface area contributed by atoms with E-state index < -0.39 is 27.1 Å². The number of nitro benzene ring substituents is 2. The fourth-order valence-electron chi connectivity index (χ4n) is 2.83. The van der Waals surface area contributed by atoms with Gasteiger partial charge in [-0.05, 0) is 23.8 Å². The maximum Gasteiger partial charge on any atom is 0.279 e. The Morgan fingerprint density at radius 1 is 0.969 bits per heavy atom. The lowest BCUT2D eigenvalue weighted by molar-refractivity contribution is -0.394. The number of carbonyl (C=O) groups excluding carboxylic acids is 1. The molecule has 1 N–H and O–H groups in total. The fraction of sp³-hybridized carbons (Fsp3) is 0.0909. The number of nitrogens with one attached hydrogen (secondary N) is 1. The standard InChI is InChI=1S/C22H18N4O6/c27-22(12-17-10-11-19(25(28)29)13-20(17)26(30)31)24-23-14-18-8-4-5-9-21(18)32-15-16-6-2-1-3-7-16/h1-11,13-14H,12,15H2,(H,24,27)/b23-14-. The largest absolute Gasteiger partial charge is 0.488 e. The fourth-order valence-corrected chi connectivity index (χ4v) is 2.83. The smallest absolute Gasteiger partial charge is 0.279 e. The lowest BCUT2D eigenvalue weighted by atomic mass is 10.1. The highest BCUT2D eigenvalue weighted by atomic mass is 16.6. The molecule has 0 bridgehead atoms. The summed E-state index contributed by atoms with van der Waals surface area (Å²) in [7, 11) is 0. The number of nitrogens with zero attached hydrogens (tertiary/aromatic N) is 3. The van der Waals surface area contributed by atoms with Crippen molar-refractivity contribution in [3.8, 4) is 5.75 Å². The van der Waals surface area contributed by atoms with Crippen LogP contribution < -0.4 is 10.2 Å². The predicted octanol–water partition coefficient (Wildman–Crippen LogP) is 3.77. The Bertz CT molecular complexity index is 1160. The van der Waals surface area contributed by atoms with Crippen LogP contribution in [0.3, 0.4) is 0 Å². The number of carbonyl (C=O) groups is 1. The van der Waals surface area contributed by atoms with Crippen molar-refractivity contribution in [1.82, 2.24) is 5.43 Å². The van der Waals surface area contributed by atoms with Crippen molar-refractivity contribution in [2.24, 2.45) is 5.10 Å². The highest BCUT2D eigenvalue weighted by Gasteiger charge is 2.21. The van der Waals surface area contributed by atoms with E-state index in [1.165, 1.54) is 12.3 Å². The predicted molar refractivity (Wildman–Crippen MR) is 116 cm³/mol. The number of amides is 1. The second kappa shape index (κ2) is 10.4. The van der Waals surface area contributed by atoms with E-state index >= 15 is 0 Å². The summed E-state index contributed by atoms with van der Waals surface area (Å²) in [5.74, 6) is -0.0405. The molecule has 0 aliphatic heterocycles. The molecule has 0 radical (unpaired) electrons. The quantitative estimate of drug-likeness (QED) is 0.309. The van der Waals surface area contributed by atoms with Crippen molar-refractivity contribution in [3.63, 3.8) is 0 Å². The SMILES string of the molecule is O=C(Cc1ccc([N+](=O)[O-])cc1[N+](=O)[O-])N/N=C\c1ccccc1OCc1ccccc1. The average molecular weight is 434 g/mol. The molecule has 0 heterocycles. The number of hydrazone groups is 1. The molecule has 32 heavy (non-hydrogen) atoms. The Morgan fingerprint density at radius 2 is 1.69 bits per heavy atom. The minimum absolute atomic E-state index is 0.0416. The highest BCUT2D eigenvalue weighted by molar-refractivity contribution is 5.86. The lowest BCUT2D eigenvalue weighted by Crippen LogP contribution is -2.20. The van der Waals surface area contributed by atoms with E-state index in [9.17, 15) is 25.0 Å². The van der Waals surface area contributed by atoms with Crippen LogP contribution in [-0.4, -0.2) is 22.0 Å². The van der Waals surface area contributed by atoms with Crippen molar-refractivity contribution in [1.29, 1.82) is 0 Å². The van der Waals surface area contributed by atoms with E-state index in [4.69, 9.17) is 4.74 Å². The van der Waals surface area contributed by atoms with Crippen LogP contribution in [0.1, 0.15) is 16.7 Å². The minimum Gasteiger partial charge on any atom is -0.488 e. The van der Waals surface area contributed by atoms with Crippen molar-refractivity contribution in [2.75, 3.05) is 0 Å². The van der Waals surface area contributed by atoms with Gasteiger partial charge in [-0.25, -0.2) is 5.43 Å². The number of hydrogen-bond donors (Lipinski definition) is 1. The van der Waals surface area contributed by atoms with Gasteiger partial charge in [-0.15, -0.1) is 0 Å². The van der Waals surface area contributed by atoms with Gasteiger partial charge < -0.3 is 4.74 Å². The zero-order valence-corrected chi connectivity index (χ0v) is 16.7. The molecule has 0 aliphatic carbocycles. The topological polar surface area (TPSA) is 137 Å². The molecule has 0 fully saturated rings. The number of nitro groups is 2. The van der Waals surface area contributed by atoms with Crippen molar-refractivity contribution < 1.29 is 19.4 Å². The second-order valence-corrected chi connectivity index (χ2v) is 6.61. The summed E-state index contributed by atoms with van der Waals surface area (Å²) in [6, 6.07) is 19.9. The minimum atomic E-state index is -0.765. The summed E-state index contributed by atoms with van der Waals surface area (Å²) in [5, 5.41) is 25.9. The van der Waals surface area contributed by atoms with E-state index in [1.807, 2.05) is 36.4 Å². The maximum absolute atomic E-state index is 12.2. The summed E-state index contributed by atoms with van der Waals surface area (Å²) < 4.78 is 5.82. The van der Waals surface area contributed by atoms with Crippen LogP contribution in [0.15, 0.2) is 77.9 Å². The van der Waals surface area contributed by atoms with Crippen LogP contribution in [0.4, 0.5) is 11.4 Å². The average Bonchev–Trinajstić information content (AvgIpc) is 2.79. The molecule has 10 heteroatoms. The van der Waals surface area contributed by atoms with E-state index in [2.05, 4.69) is 10.5 Å². The van der Waals surface area contributed by atoms with Gasteiger partial charge in [0.05, 0.1) is 28.5 Å². The van der Waals surface area contributed by atoms with Gasteiger partial charge in [0.1, 0.15) is 12.4 Å². The van der Waals surface area contributed by atoms with Crippen LogP contribution in [0.25, 0.3) is 0 Å². The van der Waals surface area contributed by atoms with E-state index in [0.29, 0.717) is 17.9 Å². The molecule has 3 aromatic carbocycles. The van der Waals surface area contributed by atoms with Gasteiger partial charge >= 0.3 is 0 Å². The monoisotopic (exact) mass is 434 g/mol. The zero-order valence-electron chi connectivity index (χ0n) is 16.7. The first-order valence-corrected chi connectivity index (χ1v) is 9.43. The summed E-state index contributed by atoms with van der Waals surface area (Å²) >= 11 is 0. The van der Waals surface area contributed by atoms with Gasteiger partial charge in [0.2, 0.25) is 5.91 Å². The normalized spacial score (nSPS) is 10.6. The number of para-hydroxylation sites is 1. The first-order valence-electron chi connectivity index (χ1n) is 9.43. The van der Waals surface area contributed by atoms with Crippen LogP contribution in [0, 0.1) is 20.2 Å². The Labute approximate surface area is 182 Å². The first-order chi connectivity index (χ1) is 15.4. The molecular formula is C22H18N4O6. The summed E-state index contributed by atoms with van der Waals surface area (Å²) in [4.78, 5) is 32.7. The summed E-state index contributed by atoms with van der Waals surface area (Å²) in [6.45, 7) is 0.363. The van der Waals surface area contributed by atoms with Crippen LogP contribution >= 0.6 is 0 Å². The molecule has 10 nitrogen and oxygen atoms in total. The third kappa shape index (κ3) is 5.95. The molecule has 0 spiro atoms. The molecule has 3 rings (SSSR count). The van der Waals surface area contributed by atoms with Crippen molar-refractivity contribution >= 4 is 23.5 Å². The molecule has 3 aromatic rings. The third-order valence-electron chi connectivity index (χ3n) is 4.38. The lowest BCUT2D eigenvalue weighted by Gasteiger charge is -2.09. The van der Waals surface area contributed by atoms with Crippen LogP contribution in [0.2, 0.25) is 0 Å². The molecule has 0 saturated carbocycles. The van der Waals surface area contributed by atoms with Gasteiger partial charge in [-0.2, -0.15) is 5.10 Å². The maximum atomic E-state index is 12.2. The Kier molecular flexibility index (Phi) is 7.20. The van der Waals surface area contributed by atoms with Crippen molar-refractivity contribution in [2.45, 2.75) is 13.0 Å². The molecule has 0 atom stereocenters. The third-order valence-corrected chi connectivity index (χ3v) is 4.38. The van der Waals surface area contributed by atoms with Gasteiger partial charge in [0.15, 0.2) is 0 Å². The molecule has 162 valence electrons. The number of non-ortho nitro benzene ring substituents is 1. The first kappa shape index (κ1) is 22.1. The Balaban J connectivity index is 1.64. The number of ether oxygens (including phenoxy) is 1. The second-order valence-electron chi connectivity index (χ2n) is 6.61. The Morgan fingerprint density at radius 3 is 2.41 bits per heavy atom. The number of rotatable bonds is 9. The molecule has 0 saturated heterocycles. The molecule has 0 aromatic heterocycles. The van der Waals surface area contributed by atoms with E-state index in [1.54, 1.807) is 18.2 Å². The molecule has 1 amide bonds. The number of hydrogen-bond acceptors (Lipinski definition) is 7. The van der Waals surface area contributed by atoms with Gasteiger partial charge in [0.25, 0.3) is 11.4 Å². The summed E-state index contributed by atoms with van der Waals surface area (Å²) in [5.41, 5.74) is 3.04. The van der Waals surface area contributed by atoms with Crippen LogP contribution in [0.5, 0.6) is 5.75 Å². The Hall–Kier alpha value is -4.60. The van der Waals surface area contributed by atoms with Crippen LogP contribution in [-0.2, 0) is 17.8 Å². The van der Waals surface area contributed by atoms with Crippen molar-refractivity contribution in [3.05, 3.63) is 110 Å². The van der Waals surface area contributed by atoms with Gasteiger partial charge in [0, 0.05) is 17.2 Å².